The highest BCUT2D eigenvalue weighted by Gasteiger charge is 1.97. The van der Waals surface area contributed by atoms with Crippen molar-refractivity contribution >= 4 is 0 Å². The quantitative estimate of drug-likeness (QED) is 0.545. The second-order valence-electron chi connectivity index (χ2n) is 4.58. The molecule has 0 atom stereocenters. The van der Waals surface area contributed by atoms with E-state index in [2.05, 4.69) is 13.8 Å². The van der Waals surface area contributed by atoms with Crippen molar-refractivity contribution in [3.8, 4) is 5.75 Å². The molecule has 95 valence electrons. The van der Waals surface area contributed by atoms with Crippen molar-refractivity contribution in [1.82, 2.24) is 0 Å². The van der Waals surface area contributed by atoms with Crippen LogP contribution >= 0.6 is 0 Å². The first-order chi connectivity index (χ1) is 8.34. The zero-order valence-corrected chi connectivity index (χ0v) is 11.1. The average Bonchev–Trinajstić information content (AvgIpc) is 2.35. The molecule has 0 spiro atoms. The van der Waals surface area contributed by atoms with Gasteiger partial charge in [-0.2, -0.15) is 0 Å². The predicted octanol–water partition coefficient (Wildman–Crippen LogP) is 5.00. The van der Waals surface area contributed by atoms with Crippen LogP contribution in [0.1, 0.15) is 57.4 Å². The third-order valence-electron chi connectivity index (χ3n) is 2.98. The average molecular weight is 233 g/mol. The van der Waals surface area contributed by atoms with E-state index in [4.69, 9.17) is 4.74 Å². The zero-order valence-electron chi connectivity index (χ0n) is 11.1. The fraction of sp³-hybridized carbons (Fsp3) is 0.562. The fourth-order valence-corrected chi connectivity index (χ4v) is 1.89. The van der Waals surface area contributed by atoms with Gasteiger partial charge in [0.05, 0.1) is 6.61 Å². The Morgan fingerprint density at radius 3 is 2.29 bits per heavy atom. The van der Waals surface area contributed by atoms with E-state index in [1.807, 2.05) is 24.3 Å². The lowest BCUT2D eigenvalue weighted by Crippen LogP contribution is -1.98. The highest BCUT2D eigenvalue weighted by atomic mass is 16.5. The van der Waals surface area contributed by atoms with E-state index < -0.39 is 0 Å². The van der Waals surface area contributed by atoms with Crippen molar-refractivity contribution in [1.29, 1.82) is 0 Å². The second-order valence-corrected chi connectivity index (χ2v) is 4.58. The molecule has 0 aliphatic heterocycles. The first-order valence-corrected chi connectivity index (χ1v) is 6.88. The summed E-state index contributed by atoms with van der Waals surface area (Å²) in [6.07, 6.45) is 9.24. The van der Waals surface area contributed by atoms with E-state index in [1.165, 1.54) is 38.5 Å². The van der Waals surface area contributed by atoms with Crippen molar-refractivity contribution in [2.45, 2.75) is 51.9 Å². The molecule has 17 heavy (non-hydrogen) atoms. The summed E-state index contributed by atoms with van der Waals surface area (Å²) >= 11 is 0. The predicted molar refractivity (Wildman–Crippen MR) is 74.4 cm³/mol. The lowest BCUT2D eigenvalue weighted by atomic mass is 10.1. The van der Waals surface area contributed by atoms with Crippen LogP contribution in [0.25, 0.3) is 0 Å². The van der Waals surface area contributed by atoms with Crippen LogP contribution < -0.4 is 4.74 Å². The molecule has 0 aromatic heterocycles. The minimum absolute atomic E-state index is 0.820. The van der Waals surface area contributed by atoms with Crippen LogP contribution in [0.2, 0.25) is 0 Å². The molecular formula is C16H25O. The molecule has 1 nitrogen and oxygen atoms in total. The van der Waals surface area contributed by atoms with E-state index >= 15 is 0 Å². The fourth-order valence-electron chi connectivity index (χ4n) is 1.89. The van der Waals surface area contributed by atoms with Crippen LogP contribution in [0, 0.1) is 6.92 Å². The Morgan fingerprint density at radius 1 is 0.941 bits per heavy atom. The summed E-state index contributed by atoms with van der Waals surface area (Å²) in [5.41, 5.74) is 0.982. The van der Waals surface area contributed by atoms with Crippen molar-refractivity contribution in [3.05, 3.63) is 36.8 Å². The van der Waals surface area contributed by atoms with Gasteiger partial charge in [-0.25, -0.2) is 0 Å². The highest BCUT2D eigenvalue weighted by molar-refractivity contribution is 5.35. The third kappa shape index (κ3) is 6.35. The molecule has 0 unspecified atom stereocenters. The largest absolute Gasteiger partial charge is 0.493 e. The Balaban J connectivity index is 1.99. The van der Waals surface area contributed by atoms with Gasteiger partial charge in [-0.1, -0.05) is 63.6 Å². The molecular weight excluding hydrogens is 208 g/mol. The second kappa shape index (κ2) is 9.09. The van der Waals surface area contributed by atoms with Gasteiger partial charge in [0, 0.05) is 0 Å². The Morgan fingerprint density at radius 2 is 1.59 bits per heavy atom. The molecule has 0 fully saturated rings. The van der Waals surface area contributed by atoms with Crippen molar-refractivity contribution in [2.24, 2.45) is 0 Å². The number of rotatable bonds is 9. The molecule has 1 heteroatoms. The van der Waals surface area contributed by atoms with Crippen LogP contribution in [0.5, 0.6) is 5.75 Å². The van der Waals surface area contributed by atoms with Crippen molar-refractivity contribution < 1.29 is 4.74 Å². The molecule has 0 saturated heterocycles. The minimum atomic E-state index is 0.820. The lowest BCUT2D eigenvalue weighted by Gasteiger charge is -2.08. The lowest BCUT2D eigenvalue weighted by molar-refractivity contribution is 0.303. The summed E-state index contributed by atoms with van der Waals surface area (Å²) in [5.74, 6) is 0.929. The van der Waals surface area contributed by atoms with Crippen molar-refractivity contribution in [2.75, 3.05) is 6.61 Å². The van der Waals surface area contributed by atoms with Crippen molar-refractivity contribution in [3.63, 3.8) is 0 Å². The molecule has 0 aliphatic rings. The molecule has 0 amide bonds. The number of hydrogen-bond donors (Lipinski definition) is 0. The Hall–Kier alpha value is -0.980. The van der Waals surface area contributed by atoms with E-state index in [0.717, 1.165) is 24.3 Å². The molecule has 0 bridgehead atoms. The van der Waals surface area contributed by atoms with Crippen LogP contribution in [0.15, 0.2) is 24.3 Å². The first-order valence-electron chi connectivity index (χ1n) is 6.88. The zero-order chi connectivity index (χ0) is 12.3. The maximum absolute atomic E-state index is 5.70. The molecule has 0 saturated carbocycles. The van der Waals surface area contributed by atoms with E-state index in [0.29, 0.717) is 0 Å². The number of ether oxygens (including phenoxy) is 1. The Bertz CT molecular complexity index is 293. The molecule has 1 aromatic rings. The maximum Gasteiger partial charge on any atom is 0.122 e. The van der Waals surface area contributed by atoms with Crippen LogP contribution in [0.3, 0.4) is 0 Å². The summed E-state index contributed by atoms with van der Waals surface area (Å²) in [7, 11) is 0. The van der Waals surface area contributed by atoms with Crippen LogP contribution in [-0.4, -0.2) is 6.61 Å². The maximum atomic E-state index is 5.70. The Kier molecular flexibility index (Phi) is 7.53. The summed E-state index contributed by atoms with van der Waals surface area (Å²) in [5, 5.41) is 0. The van der Waals surface area contributed by atoms with Gasteiger partial charge >= 0.3 is 0 Å². The number of para-hydroxylation sites is 1. The summed E-state index contributed by atoms with van der Waals surface area (Å²) < 4.78 is 5.70. The van der Waals surface area contributed by atoms with Gasteiger partial charge in [-0.3, -0.25) is 0 Å². The third-order valence-corrected chi connectivity index (χ3v) is 2.98. The molecule has 1 aromatic carbocycles. The van der Waals surface area contributed by atoms with E-state index in [1.54, 1.807) is 0 Å². The van der Waals surface area contributed by atoms with E-state index in [9.17, 15) is 0 Å². The van der Waals surface area contributed by atoms with E-state index in [-0.39, 0.29) is 0 Å². The smallest absolute Gasteiger partial charge is 0.122 e. The van der Waals surface area contributed by atoms with Gasteiger partial charge in [0.1, 0.15) is 5.75 Å². The topological polar surface area (TPSA) is 9.23 Å². The molecule has 0 heterocycles. The summed E-state index contributed by atoms with van der Waals surface area (Å²) in [6.45, 7) is 7.02. The van der Waals surface area contributed by atoms with Gasteiger partial charge in [-0.15, -0.1) is 0 Å². The normalized spacial score (nSPS) is 10.5. The SMILES string of the molecule is [CH2]c1ccccc1OCCCCCCCCC. The minimum Gasteiger partial charge on any atom is -0.493 e. The van der Waals surface area contributed by atoms with Crippen LogP contribution in [0.4, 0.5) is 0 Å². The number of hydrogen-bond acceptors (Lipinski definition) is 1. The highest BCUT2D eigenvalue weighted by Crippen LogP contribution is 2.16. The summed E-state index contributed by atoms with van der Waals surface area (Å²) in [4.78, 5) is 0. The number of benzene rings is 1. The molecule has 1 radical (unpaired) electrons. The molecule has 1 rings (SSSR count). The monoisotopic (exact) mass is 233 g/mol. The number of unbranched alkanes of at least 4 members (excludes halogenated alkanes) is 6. The summed E-state index contributed by atoms with van der Waals surface area (Å²) in [6, 6.07) is 7.96. The van der Waals surface area contributed by atoms with Gasteiger partial charge in [0.15, 0.2) is 0 Å². The molecule has 0 aliphatic carbocycles. The molecule has 0 N–H and O–H groups in total. The van der Waals surface area contributed by atoms with Gasteiger partial charge < -0.3 is 4.74 Å². The Labute approximate surface area is 106 Å². The van der Waals surface area contributed by atoms with Gasteiger partial charge in [-0.05, 0) is 25.0 Å². The standard InChI is InChI=1S/C16H25O/c1-3-4-5-6-7-8-11-14-17-16-13-10-9-12-15(16)2/h9-10,12-13H,2-8,11,14H2,1H3. The van der Waals surface area contributed by atoms with Gasteiger partial charge in [0.2, 0.25) is 0 Å². The van der Waals surface area contributed by atoms with Gasteiger partial charge in [0.25, 0.3) is 0 Å². The van der Waals surface area contributed by atoms with Crippen LogP contribution in [-0.2, 0) is 0 Å². The first kappa shape index (κ1) is 14.1.